The highest BCUT2D eigenvalue weighted by molar-refractivity contribution is 5.83. The molecule has 0 unspecified atom stereocenters. The zero-order valence-electron chi connectivity index (χ0n) is 11.2. The zero-order chi connectivity index (χ0) is 14.2. The molecule has 0 saturated heterocycles. The number of hydrogen-bond acceptors (Lipinski definition) is 3. The van der Waals surface area contributed by atoms with E-state index in [1.807, 2.05) is 0 Å². The van der Waals surface area contributed by atoms with E-state index in [0.29, 0.717) is 29.7 Å². The second-order valence-electron chi connectivity index (χ2n) is 5.50. The Morgan fingerprint density at radius 2 is 2.00 bits per heavy atom. The van der Waals surface area contributed by atoms with Gasteiger partial charge in [-0.3, -0.25) is 4.79 Å². The summed E-state index contributed by atoms with van der Waals surface area (Å²) in [4.78, 5) is 11.9. The minimum atomic E-state index is -1.03. The second-order valence-corrected chi connectivity index (χ2v) is 5.50. The molecule has 1 N–H and O–H groups in total. The van der Waals surface area contributed by atoms with Gasteiger partial charge in [0, 0.05) is 11.1 Å². The van der Waals surface area contributed by atoms with Crippen LogP contribution in [-0.2, 0) is 21.6 Å². The first-order valence-corrected chi connectivity index (χ1v) is 6.90. The van der Waals surface area contributed by atoms with Gasteiger partial charge in [-0.25, -0.2) is 4.39 Å². The average molecular weight is 280 g/mol. The summed E-state index contributed by atoms with van der Waals surface area (Å²) < 4.78 is 24.5. The van der Waals surface area contributed by atoms with E-state index in [1.54, 1.807) is 0 Å². The molecule has 5 heteroatoms. The summed E-state index contributed by atoms with van der Waals surface area (Å²) in [6.45, 7) is 0.344. The summed E-state index contributed by atoms with van der Waals surface area (Å²) in [5.41, 5.74) is 0.0438. The van der Waals surface area contributed by atoms with Crippen molar-refractivity contribution >= 4 is 5.97 Å². The van der Waals surface area contributed by atoms with Crippen LogP contribution in [0.5, 0.6) is 5.75 Å². The summed E-state index contributed by atoms with van der Waals surface area (Å²) >= 11 is 0. The molecule has 1 aromatic carbocycles. The lowest BCUT2D eigenvalue weighted by atomic mass is 9.68. The fourth-order valence-electron chi connectivity index (χ4n) is 3.29. The van der Waals surface area contributed by atoms with E-state index in [4.69, 9.17) is 9.47 Å². The van der Waals surface area contributed by atoms with E-state index in [-0.39, 0.29) is 13.4 Å². The van der Waals surface area contributed by atoms with Crippen LogP contribution in [0.4, 0.5) is 4.39 Å². The summed E-state index contributed by atoms with van der Waals surface area (Å²) in [7, 11) is 0. The smallest absolute Gasteiger partial charge is 0.314 e. The van der Waals surface area contributed by atoms with Gasteiger partial charge in [0.1, 0.15) is 11.6 Å². The van der Waals surface area contributed by atoms with Crippen LogP contribution in [-0.4, -0.2) is 17.9 Å². The fourth-order valence-corrected chi connectivity index (χ4v) is 3.29. The van der Waals surface area contributed by atoms with Crippen molar-refractivity contribution in [3.8, 4) is 5.75 Å². The van der Waals surface area contributed by atoms with Crippen LogP contribution in [0.15, 0.2) is 12.1 Å². The Morgan fingerprint density at radius 1 is 1.25 bits per heavy atom. The number of carboxylic acid groups (broad SMARTS) is 1. The number of fused-ring (bicyclic) bond motifs is 1. The predicted molar refractivity (Wildman–Crippen MR) is 69.1 cm³/mol. The lowest BCUT2D eigenvalue weighted by Gasteiger charge is -2.36. The molecule has 0 amide bonds. The largest absolute Gasteiger partial charge is 0.481 e. The highest BCUT2D eigenvalue weighted by atomic mass is 19.1. The Hall–Kier alpha value is -1.62. The van der Waals surface area contributed by atoms with Crippen molar-refractivity contribution in [2.45, 2.75) is 44.1 Å². The topological polar surface area (TPSA) is 55.8 Å². The maximum Gasteiger partial charge on any atom is 0.314 e. The number of carbonyl (C=O) groups is 1. The quantitative estimate of drug-likeness (QED) is 0.904. The molecule has 4 nitrogen and oxygen atoms in total. The molecule has 1 aromatic rings. The van der Waals surface area contributed by atoms with E-state index in [2.05, 4.69) is 0 Å². The third-order valence-electron chi connectivity index (χ3n) is 4.31. The molecule has 0 spiro atoms. The molecule has 1 aliphatic carbocycles. The van der Waals surface area contributed by atoms with Crippen LogP contribution < -0.4 is 4.74 Å². The molecule has 2 aliphatic rings. The van der Waals surface area contributed by atoms with E-state index >= 15 is 0 Å². The van der Waals surface area contributed by atoms with Gasteiger partial charge in [0.2, 0.25) is 0 Å². The number of aliphatic carboxylic acids is 1. The van der Waals surface area contributed by atoms with Crippen LogP contribution in [0.1, 0.15) is 43.2 Å². The maximum atomic E-state index is 13.8. The molecule has 20 heavy (non-hydrogen) atoms. The zero-order valence-corrected chi connectivity index (χ0v) is 11.2. The molecule has 108 valence electrons. The molecule has 1 saturated carbocycles. The minimum Gasteiger partial charge on any atom is -0.481 e. The van der Waals surface area contributed by atoms with Gasteiger partial charge in [0.05, 0.1) is 12.0 Å². The molecule has 0 aromatic heterocycles. The third-order valence-corrected chi connectivity index (χ3v) is 4.31. The predicted octanol–water partition coefficient (Wildman–Crippen LogP) is 2.98. The monoisotopic (exact) mass is 280 g/mol. The van der Waals surface area contributed by atoms with Crippen LogP contribution in [0, 0.1) is 5.82 Å². The highest BCUT2D eigenvalue weighted by Gasteiger charge is 2.44. The molecule has 1 heterocycles. The molecule has 3 rings (SSSR count). The van der Waals surface area contributed by atoms with Gasteiger partial charge >= 0.3 is 5.97 Å². The summed E-state index contributed by atoms with van der Waals surface area (Å²) in [5, 5.41) is 9.73. The average Bonchev–Trinajstić information content (AvgIpc) is 2.47. The molecule has 1 fully saturated rings. The van der Waals surface area contributed by atoms with E-state index < -0.39 is 17.2 Å². The SMILES string of the molecule is O=C(O)C1(c2cc(F)cc3c2OCOC3)CCCCC1. The van der Waals surface area contributed by atoms with E-state index in [1.165, 1.54) is 12.1 Å². The maximum absolute atomic E-state index is 13.8. The van der Waals surface area contributed by atoms with Gasteiger partial charge in [-0.2, -0.15) is 0 Å². The normalized spacial score (nSPS) is 20.9. The van der Waals surface area contributed by atoms with Gasteiger partial charge in [0.25, 0.3) is 0 Å². The van der Waals surface area contributed by atoms with Crippen molar-refractivity contribution in [2.24, 2.45) is 0 Å². The van der Waals surface area contributed by atoms with Gasteiger partial charge in [-0.15, -0.1) is 0 Å². The van der Waals surface area contributed by atoms with Crippen molar-refractivity contribution in [1.82, 2.24) is 0 Å². The molecule has 0 atom stereocenters. The summed E-state index contributed by atoms with van der Waals surface area (Å²) in [6.07, 6.45) is 3.77. The van der Waals surface area contributed by atoms with Crippen LogP contribution in [0.25, 0.3) is 0 Å². The lowest BCUT2D eigenvalue weighted by molar-refractivity contribution is -0.145. The number of rotatable bonds is 2. The Balaban J connectivity index is 2.15. The molecular formula is C15H17FO4. The second kappa shape index (κ2) is 5.05. The highest BCUT2D eigenvalue weighted by Crippen LogP contribution is 2.45. The van der Waals surface area contributed by atoms with E-state index in [0.717, 1.165) is 19.3 Å². The van der Waals surface area contributed by atoms with Gasteiger partial charge < -0.3 is 14.6 Å². The molecule has 1 aliphatic heterocycles. The summed E-state index contributed by atoms with van der Waals surface area (Å²) in [5.74, 6) is -0.818. The number of carboxylic acids is 1. The van der Waals surface area contributed by atoms with Gasteiger partial charge in [-0.1, -0.05) is 19.3 Å². The van der Waals surface area contributed by atoms with Crippen molar-refractivity contribution in [1.29, 1.82) is 0 Å². The lowest BCUT2D eigenvalue weighted by Crippen LogP contribution is -2.39. The van der Waals surface area contributed by atoms with Crippen LogP contribution in [0.2, 0.25) is 0 Å². The molecule has 0 bridgehead atoms. The van der Waals surface area contributed by atoms with Gasteiger partial charge in [-0.05, 0) is 25.0 Å². The first-order valence-electron chi connectivity index (χ1n) is 6.90. The van der Waals surface area contributed by atoms with Crippen molar-refractivity contribution in [3.63, 3.8) is 0 Å². The van der Waals surface area contributed by atoms with Crippen molar-refractivity contribution in [2.75, 3.05) is 6.79 Å². The Labute approximate surface area is 116 Å². The van der Waals surface area contributed by atoms with Crippen molar-refractivity contribution < 1.29 is 23.8 Å². The number of halogens is 1. The van der Waals surface area contributed by atoms with Gasteiger partial charge in [0.15, 0.2) is 6.79 Å². The number of benzene rings is 1. The minimum absolute atomic E-state index is 0.0847. The van der Waals surface area contributed by atoms with E-state index in [9.17, 15) is 14.3 Å². The first-order chi connectivity index (χ1) is 9.63. The molecule has 0 radical (unpaired) electrons. The fraction of sp³-hybridized carbons (Fsp3) is 0.533. The Kier molecular flexibility index (Phi) is 3.38. The number of ether oxygens (including phenoxy) is 2. The number of hydrogen-bond donors (Lipinski definition) is 1. The molecular weight excluding hydrogens is 263 g/mol. The van der Waals surface area contributed by atoms with Crippen LogP contribution in [0.3, 0.4) is 0 Å². The summed E-state index contributed by atoms with van der Waals surface area (Å²) in [6, 6.07) is 2.68. The standard InChI is InChI=1S/C15H17FO4/c16-11-6-10-8-19-9-20-13(10)12(7-11)15(14(17)18)4-2-1-3-5-15/h6-7H,1-5,8-9H2,(H,17,18). The Bertz CT molecular complexity index is 535. The third kappa shape index (κ3) is 2.06. The first kappa shape index (κ1) is 13.4. The Morgan fingerprint density at radius 3 is 2.70 bits per heavy atom. The van der Waals surface area contributed by atoms with Crippen LogP contribution >= 0.6 is 0 Å². The van der Waals surface area contributed by atoms with Crippen molar-refractivity contribution in [3.05, 3.63) is 29.1 Å².